The molecule has 5 rings (SSSR count). The third kappa shape index (κ3) is 6.08. The molecule has 0 radical (unpaired) electrons. The van der Waals surface area contributed by atoms with Gasteiger partial charge >= 0.3 is 6.18 Å². The number of hydrogen-bond donors (Lipinski definition) is 3. The zero-order valence-electron chi connectivity index (χ0n) is 21.8. The fraction of sp³-hybridized carbons (Fsp3) is 0.321. The van der Waals surface area contributed by atoms with Crippen molar-refractivity contribution in [1.29, 1.82) is 0 Å². The number of alkyl halides is 3. The Bertz CT molecular complexity index is 1530. The molecule has 8 nitrogen and oxygen atoms in total. The smallest absolute Gasteiger partial charge is 0.390 e. The van der Waals surface area contributed by atoms with Crippen LogP contribution in [0.25, 0.3) is 16.9 Å². The van der Waals surface area contributed by atoms with Crippen molar-refractivity contribution >= 4 is 28.7 Å². The summed E-state index contributed by atoms with van der Waals surface area (Å²) in [7, 11) is 1.57. The average Bonchev–Trinajstić information content (AvgIpc) is 3.59. The molecule has 2 aromatic heterocycles. The normalized spacial score (nSPS) is 13.4. The molecule has 0 unspecified atom stereocenters. The Balaban J connectivity index is 1.53. The molecule has 0 aliphatic heterocycles. The topological polar surface area (TPSA) is 92.6 Å². The molecule has 1 aliphatic carbocycles. The Morgan fingerprint density at radius 3 is 2.56 bits per heavy atom. The predicted molar refractivity (Wildman–Crippen MR) is 144 cm³/mol. The van der Waals surface area contributed by atoms with Gasteiger partial charge in [-0.1, -0.05) is 12.1 Å². The lowest BCUT2D eigenvalue weighted by atomic mass is 10.0. The maximum Gasteiger partial charge on any atom is 0.390 e. The first-order chi connectivity index (χ1) is 18.6. The molecule has 0 spiro atoms. The van der Waals surface area contributed by atoms with Crippen LogP contribution >= 0.6 is 0 Å². The van der Waals surface area contributed by atoms with Gasteiger partial charge in [0.25, 0.3) is 5.91 Å². The number of rotatable bonds is 9. The Labute approximate surface area is 223 Å². The van der Waals surface area contributed by atoms with Crippen LogP contribution in [-0.4, -0.2) is 46.4 Å². The molecule has 1 saturated carbocycles. The number of fused-ring (bicyclic) bond motifs is 1. The number of halogens is 3. The van der Waals surface area contributed by atoms with Crippen LogP contribution in [0.5, 0.6) is 5.75 Å². The highest BCUT2D eigenvalue weighted by Crippen LogP contribution is 2.31. The van der Waals surface area contributed by atoms with Crippen molar-refractivity contribution in [2.45, 2.75) is 45.3 Å². The van der Waals surface area contributed by atoms with Crippen LogP contribution < -0.4 is 20.7 Å². The van der Waals surface area contributed by atoms with Crippen LogP contribution in [0.2, 0.25) is 0 Å². The molecular weight excluding hydrogens is 509 g/mol. The minimum atomic E-state index is -4.29. The number of methoxy groups -OCH3 is 1. The van der Waals surface area contributed by atoms with E-state index >= 15 is 0 Å². The first-order valence-electron chi connectivity index (χ1n) is 12.6. The fourth-order valence-corrected chi connectivity index (χ4v) is 4.26. The molecular formula is C28H29F3N6O2. The van der Waals surface area contributed by atoms with Gasteiger partial charge in [0.05, 0.1) is 31.1 Å². The number of nitrogens with zero attached hydrogens (tertiary/aromatic N) is 3. The van der Waals surface area contributed by atoms with Gasteiger partial charge < -0.3 is 20.7 Å². The van der Waals surface area contributed by atoms with Crippen LogP contribution in [0.4, 0.5) is 30.4 Å². The molecule has 0 saturated heterocycles. The van der Waals surface area contributed by atoms with Crippen LogP contribution in [0.1, 0.15) is 40.7 Å². The molecule has 0 bridgehead atoms. The van der Waals surface area contributed by atoms with Crippen molar-refractivity contribution in [2.24, 2.45) is 0 Å². The number of aromatic nitrogens is 3. The van der Waals surface area contributed by atoms with Crippen LogP contribution in [0.15, 0.2) is 48.7 Å². The number of hydrogen-bond acceptors (Lipinski definition) is 6. The standard InChI is InChI=1S/C28H29F3N6O2/c1-16-4-8-20(39-3)13-22(16)35-25-14-23(32-11-10-28(29,30)31)26-33-15-24(37(26)36-25)18-5-9-21(17(2)12-18)27(38)34-19-6-7-19/h4-5,8-9,12-15,19,32H,6-7,10-11H2,1-3H3,(H,34,38)(H,35,36). The lowest BCUT2D eigenvalue weighted by Gasteiger charge is -2.15. The molecule has 0 atom stereocenters. The highest BCUT2D eigenvalue weighted by Gasteiger charge is 2.27. The molecule has 2 heterocycles. The number of aryl methyl sites for hydroxylation is 2. The third-order valence-corrected chi connectivity index (χ3v) is 6.58. The molecule has 3 N–H and O–H groups in total. The Kier molecular flexibility index (Phi) is 7.07. The van der Waals surface area contributed by atoms with Gasteiger partial charge in [0.2, 0.25) is 0 Å². The van der Waals surface area contributed by atoms with E-state index in [0.717, 1.165) is 35.2 Å². The molecule has 1 amide bonds. The highest BCUT2D eigenvalue weighted by molar-refractivity contribution is 5.96. The number of nitrogens with one attached hydrogen (secondary N) is 3. The molecule has 1 aliphatic rings. The number of carbonyl (C=O) groups excluding carboxylic acids is 1. The van der Waals surface area contributed by atoms with Crippen molar-refractivity contribution in [2.75, 3.05) is 24.3 Å². The lowest BCUT2D eigenvalue weighted by molar-refractivity contribution is -0.131. The number of carbonyl (C=O) groups is 1. The van der Waals surface area contributed by atoms with Crippen LogP contribution in [0.3, 0.4) is 0 Å². The average molecular weight is 539 g/mol. The zero-order chi connectivity index (χ0) is 27.7. The SMILES string of the molecule is COc1ccc(C)c(Nc2cc(NCCC(F)(F)F)c3ncc(-c4ccc(C(=O)NC5CC5)c(C)c4)n3n2)c1. The Morgan fingerprint density at radius 1 is 1.08 bits per heavy atom. The van der Waals surface area contributed by atoms with Crippen LogP contribution in [0, 0.1) is 13.8 Å². The van der Waals surface area contributed by atoms with Crippen molar-refractivity contribution in [3.8, 4) is 17.0 Å². The summed E-state index contributed by atoms with van der Waals surface area (Å²) in [4.78, 5) is 17.1. The second-order valence-corrected chi connectivity index (χ2v) is 9.70. The van der Waals surface area contributed by atoms with Crippen LogP contribution in [-0.2, 0) is 0 Å². The van der Waals surface area contributed by atoms with Gasteiger partial charge in [-0.2, -0.15) is 13.2 Å². The first kappa shape index (κ1) is 26.3. The Morgan fingerprint density at radius 2 is 1.87 bits per heavy atom. The summed E-state index contributed by atoms with van der Waals surface area (Å²) in [5.74, 6) is 0.955. The van der Waals surface area contributed by atoms with E-state index < -0.39 is 12.6 Å². The van der Waals surface area contributed by atoms with E-state index in [1.54, 1.807) is 30.0 Å². The summed E-state index contributed by atoms with van der Waals surface area (Å²) in [6, 6.07) is 12.9. The number of anilines is 3. The second kappa shape index (κ2) is 10.5. The number of benzene rings is 2. The highest BCUT2D eigenvalue weighted by atomic mass is 19.4. The third-order valence-electron chi connectivity index (χ3n) is 6.58. The summed E-state index contributed by atoms with van der Waals surface area (Å²) in [6.45, 7) is 3.48. The molecule has 4 aromatic rings. The lowest BCUT2D eigenvalue weighted by Crippen LogP contribution is -2.26. The molecule has 1 fully saturated rings. The van der Waals surface area contributed by atoms with Gasteiger partial charge in [0, 0.05) is 41.5 Å². The van der Waals surface area contributed by atoms with E-state index in [-0.39, 0.29) is 18.5 Å². The summed E-state index contributed by atoms with van der Waals surface area (Å²) in [6.07, 6.45) is -1.66. The van der Waals surface area contributed by atoms with E-state index in [0.29, 0.717) is 34.2 Å². The molecule has 11 heteroatoms. The number of imidazole rings is 1. The van der Waals surface area contributed by atoms with Gasteiger partial charge in [0.1, 0.15) is 5.75 Å². The van der Waals surface area contributed by atoms with Crippen molar-refractivity contribution in [3.05, 3.63) is 65.4 Å². The summed E-state index contributed by atoms with van der Waals surface area (Å²) >= 11 is 0. The maximum absolute atomic E-state index is 12.9. The maximum atomic E-state index is 12.9. The van der Waals surface area contributed by atoms with Gasteiger partial charge in [-0.3, -0.25) is 4.79 Å². The quantitative estimate of drug-likeness (QED) is 0.241. The van der Waals surface area contributed by atoms with Gasteiger partial charge in [-0.25, -0.2) is 9.50 Å². The van der Waals surface area contributed by atoms with E-state index in [4.69, 9.17) is 9.84 Å². The summed E-state index contributed by atoms with van der Waals surface area (Å²) < 4.78 is 45.5. The zero-order valence-corrected chi connectivity index (χ0v) is 21.8. The second-order valence-electron chi connectivity index (χ2n) is 9.70. The van der Waals surface area contributed by atoms with E-state index in [9.17, 15) is 18.0 Å². The fourth-order valence-electron chi connectivity index (χ4n) is 4.26. The van der Waals surface area contributed by atoms with E-state index in [1.165, 1.54) is 0 Å². The predicted octanol–water partition coefficient (Wildman–Crippen LogP) is 6.02. The van der Waals surface area contributed by atoms with Crippen molar-refractivity contribution in [3.63, 3.8) is 0 Å². The number of ether oxygens (including phenoxy) is 1. The Hall–Kier alpha value is -4.28. The van der Waals surface area contributed by atoms with Crippen molar-refractivity contribution in [1.82, 2.24) is 19.9 Å². The monoisotopic (exact) mass is 538 g/mol. The van der Waals surface area contributed by atoms with E-state index in [1.807, 2.05) is 44.2 Å². The minimum Gasteiger partial charge on any atom is -0.497 e. The van der Waals surface area contributed by atoms with Gasteiger partial charge in [0.15, 0.2) is 11.5 Å². The number of amides is 1. The van der Waals surface area contributed by atoms with Crippen molar-refractivity contribution < 1.29 is 22.7 Å². The molecule has 204 valence electrons. The summed E-state index contributed by atoms with van der Waals surface area (Å²) in [5, 5.41) is 13.8. The minimum absolute atomic E-state index is 0.103. The molecule has 39 heavy (non-hydrogen) atoms. The summed E-state index contributed by atoms with van der Waals surface area (Å²) in [5.41, 5.74) is 5.26. The van der Waals surface area contributed by atoms with E-state index in [2.05, 4.69) is 20.9 Å². The largest absolute Gasteiger partial charge is 0.497 e. The molecule has 2 aromatic carbocycles. The van der Waals surface area contributed by atoms with Gasteiger partial charge in [-0.05, 0) is 56.0 Å². The van der Waals surface area contributed by atoms with Gasteiger partial charge in [-0.15, -0.1) is 5.10 Å². The first-order valence-corrected chi connectivity index (χ1v) is 12.6.